The van der Waals surface area contributed by atoms with Gasteiger partial charge in [0.25, 0.3) is 0 Å². The van der Waals surface area contributed by atoms with Crippen LogP contribution in [0, 0.1) is 0 Å². The third-order valence-electron chi connectivity index (χ3n) is 2.50. The molecular formula is C12H19NO. The molecule has 0 heterocycles. The first-order valence-corrected chi connectivity index (χ1v) is 5.07. The molecule has 0 aliphatic rings. The van der Waals surface area contributed by atoms with Gasteiger partial charge in [-0.05, 0) is 37.6 Å². The summed E-state index contributed by atoms with van der Waals surface area (Å²) < 4.78 is 5.33. The number of methoxy groups -OCH3 is 1. The van der Waals surface area contributed by atoms with Crippen LogP contribution in [0.4, 0.5) is 0 Å². The molecule has 0 amide bonds. The molecule has 0 saturated heterocycles. The second kappa shape index (κ2) is 5.66. The van der Waals surface area contributed by atoms with Gasteiger partial charge in [-0.25, -0.2) is 0 Å². The van der Waals surface area contributed by atoms with E-state index in [1.807, 2.05) is 19.2 Å². The number of rotatable bonds is 5. The van der Waals surface area contributed by atoms with Crippen molar-refractivity contribution < 1.29 is 4.74 Å². The van der Waals surface area contributed by atoms with Gasteiger partial charge < -0.3 is 10.1 Å². The summed E-state index contributed by atoms with van der Waals surface area (Å²) >= 11 is 0. The lowest BCUT2D eigenvalue weighted by Crippen LogP contribution is -2.11. The second-order valence-electron chi connectivity index (χ2n) is 3.54. The van der Waals surface area contributed by atoms with Gasteiger partial charge in [-0.1, -0.05) is 25.1 Å². The molecule has 0 saturated carbocycles. The Bertz CT molecular complexity index is 273. The molecule has 0 fully saturated rings. The van der Waals surface area contributed by atoms with E-state index >= 15 is 0 Å². The van der Waals surface area contributed by atoms with Crippen molar-refractivity contribution in [1.29, 1.82) is 0 Å². The number of nitrogens with one attached hydrogen (secondary N) is 1. The van der Waals surface area contributed by atoms with Crippen LogP contribution in [0.2, 0.25) is 0 Å². The molecule has 0 radical (unpaired) electrons. The first-order chi connectivity index (χ1) is 6.79. The van der Waals surface area contributed by atoms with Crippen LogP contribution in [-0.2, 0) is 0 Å². The van der Waals surface area contributed by atoms with Gasteiger partial charge in [-0.15, -0.1) is 0 Å². The predicted molar refractivity (Wildman–Crippen MR) is 60.0 cm³/mol. The molecule has 1 atom stereocenters. The molecule has 1 aromatic rings. The maximum atomic E-state index is 5.33. The molecule has 1 aromatic carbocycles. The second-order valence-corrected chi connectivity index (χ2v) is 3.54. The number of hydrogen-bond donors (Lipinski definition) is 1. The predicted octanol–water partition coefficient (Wildman–Crippen LogP) is 2.41. The minimum absolute atomic E-state index is 0.540. The fourth-order valence-corrected chi connectivity index (χ4v) is 1.59. The Hall–Kier alpha value is -1.02. The summed E-state index contributed by atoms with van der Waals surface area (Å²) in [6.07, 6.45) is 1.14. The van der Waals surface area contributed by atoms with Crippen LogP contribution in [0.1, 0.15) is 24.8 Å². The monoisotopic (exact) mass is 193 g/mol. The molecule has 1 N–H and O–H groups in total. The van der Waals surface area contributed by atoms with E-state index in [9.17, 15) is 0 Å². The summed E-state index contributed by atoms with van der Waals surface area (Å²) in [5.41, 5.74) is 1.30. The molecule has 0 aliphatic heterocycles. The van der Waals surface area contributed by atoms with E-state index in [-0.39, 0.29) is 0 Å². The normalized spacial score (nSPS) is 12.5. The zero-order chi connectivity index (χ0) is 10.4. The van der Waals surface area contributed by atoms with Crippen LogP contribution >= 0.6 is 0 Å². The topological polar surface area (TPSA) is 21.3 Å². The Labute approximate surface area is 86.3 Å². The molecule has 2 heteroatoms. The van der Waals surface area contributed by atoms with Crippen LogP contribution in [0.3, 0.4) is 0 Å². The minimum atomic E-state index is 0.540. The quantitative estimate of drug-likeness (QED) is 0.775. The Morgan fingerprint density at radius 3 is 2.71 bits per heavy atom. The van der Waals surface area contributed by atoms with Gasteiger partial charge >= 0.3 is 0 Å². The number of benzene rings is 1. The van der Waals surface area contributed by atoms with Crippen LogP contribution in [-0.4, -0.2) is 20.7 Å². The van der Waals surface area contributed by atoms with E-state index in [1.54, 1.807) is 7.11 Å². The van der Waals surface area contributed by atoms with E-state index < -0.39 is 0 Å². The highest BCUT2D eigenvalue weighted by Gasteiger charge is 2.09. The molecule has 0 aliphatic carbocycles. The van der Waals surface area contributed by atoms with Gasteiger partial charge in [-0.3, -0.25) is 0 Å². The highest BCUT2D eigenvalue weighted by molar-refractivity contribution is 5.35. The van der Waals surface area contributed by atoms with Crippen molar-refractivity contribution in [2.45, 2.75) is 19.3 Å². The fourth-order valence-electron chi connectivity index (χ4n) is 1.59. The summed E-state index contributed by atoms with van der Waals surface area (Å²) in [6.45, 7) is 3.27. The first kappa shape index (κ1) is 11.1. The SMILES string of the molecule is CNCCC(C)c1ccccc1OC. The number of hydrogen-bond acceptors (Lipinski definition) is 2. The Morgan fingerprint density at radius 1 is 1.36 bits per heavy atom. The third kappa shape index (κ3) is 2.74. The molecule has 1 rings (SSSR count). The van der Waals surface area contributed by atoms with Crippen LogP contribution in [0.25, 0.3) is 0 Å². The molecule has 0 aromatic heterocycles. The summed E-state index contributed by atoms with van der Waals surface area (Å²) in [7, 11) is 3.71. The van der Waals surface area contributed by atoms with Crippen molar-refractivity contribution in [3.8, 4) is 5.75 Å². The highest BCUT2D eigenvalue weighted by Crippen LogP contribution is 2.27. The zero-order valence-corrected chi connectivity index (χ0v) is 9.21. The summed E-state index contributed by atoms with van der Waals surface area (Å²) in [5, 5.41) is 3.17. The maximum Gasteiger partial charge on any atom is 0.122 e. The Kier molecular flexibility index (Phi) is 4.47. The molecular weight excluding hydrogens is 174 g/mol. The summed E-state index contributed by atoms with van der Waals surface area (Å²) in [4.78, 5) is 0. The van der Waals surface area contributed by atoms with Gasteiger partial charge in [0.2, 0.25) is 0 Å². The molecule has 0 bridgehead atoms. The van der Waals surface area contributed by atoms with Crippen molar-refractivity contribution in [2.75, 3.05) is 20.7 Å². The third-order valence-corrected chi connectivity index (χ3v) is 2.50. The van der Waals surface area contributed by atoms with Gasteiger partial charge in [0.15, 0.2) is 0 Å². The minimum Gasteiger partial charge on any atom is -0.496 e. The molecule has 2 nitrogen and oxygen atoms in total. The molecule has 1 unspecified atom stereocenters. The Balaban J connectivity index is 2.72. The van der Waals surface area contributed by atoms with Gasteiger partial charge in [-0.2, -0.15) is 0 Å². The summed E-state index contributed by atoms with van der Waals surface area (Å²) in [5.74, 6) is 1.54. The van der Waals surface area contributed by atoms with E-state index in [0.29, 0.717) is 5.92 Å². The molecule has 14 heavy (non-hydrogen) atoms. The van der Waals surface area contributed by atoms with Crippen molar-refractivity contribution >= 4 is 0 Å². The van der Waals surface area contributed by atoms with Crippen molar-refractivity contribution in [1.82, 2.24) is 5.32 Å². The van der Waals surface area contributed by atoms with E-state index in [0.717, 1.165) is 18.7 Å². The zero-order valence-electron chi connectivity index (χ0n) is 9.21. The number of ether oxygens (including phenoxy) is 1. The smallest absolute Gasteiger partial charge is 0.122 e. The lowest BCUT2D eigenvalue weighted by molar-refractivity contribution is 0.405. The average molecular weight is 193 g/mol. The van der Waals surface area contributed by atoms with E-state index in [1.165, 1.54) is 5.56 Å². The van der Waals surface area contributed by atoms with Gasteiger partial charge in [0.05, 0.1) is 7.11 Å². The van der Waals surface area contributed by atoms with Crippen LogP contribution in [0.5, 0.6) is 5.75 Å². The van der Waals surface area contributed by atoms with Crippen molar-refractivity contribution in [3.05, 3.63) is 29.8 Å². The average Bonchev–Trinajstić information content (AvgIpc) is 2.25. The molecule has 0 spiro atoms. The van der Waals surface area contributed by atoms with Gasteiger partial charge in [0, 0.05) is 0 Å². The maximum absolute atomic E-state index is 5.33. The van der Waals surface area contributed by atoms with E-state index in [4.69, 9.17) is 4.74 Å². The van der Waals surface area contributed by atoms with Crippen LogP contribution in [0.15, 0.2) is 24.3 Å². The van der Waals surface area contributed by atoms with E-state index in [2.05, 4.69) is 24.4 Å². The van der Waals surface area contributed by atoms with Crippen LogP contribution < -0.4 is 10.1 Å². The molecule has 78 valence electrons. The Morgan fingerprint density at radius 2 is 2.07 bits per heavy atom. The summed E-state index contributed by atoms with van der Waals surface area (Å²) in [6, 6.07) is 8.23. The first-order valence-electron chi connectivity index (χ1n) is 5.07. The highest BCUT2D eigenvalue weighted by atomic mass is 16.5. The van der Waals surface area contributed by atoms with Crippen molar-refractivity contribution in [2.24, 2.45) is 0 Å². The van der Waals surface area contributed by atoms with Gasteiger partial charge in [0.1, 0.15) is 5.75 Å². The van der Waals surface area contributed by atoms with Crippen molar-refractivity contribution in [3.63, 3.8) is 0 Å². The largest absolute Gasteiger partial charge is 0.496 e. The lowest BCUT2D eigenvalue weighted by Gasteiger charge is -2.15. The standard InChI is InChI=1S/C12H19NO/c1-10(8-9-13-2)11-6-4-5-7-12(11)14-3/h4-7,10,13H,8-9H2,1-3H3. The lowest BCUT2D eigenvalue weighted by atomic mass is 9.97. The fraction of sp³-hybridized carbons (Fsp3) is 0.500. The number of para-hydroxylation sites is 1.